The van der Waals surface area contributed by atoms with E-state index in [0.29, 0.717) is 29.4 Å². The second-order valence-electron chi connectivity index (χ2n) is 4.54. The molecular weight excluding hydrogens is 280 g/mol. The molecule has 0 aromatic heterocycles. The van der Waals surface area contributed by atoms with Crippen LogP contribution in [0.4, 0.5) is 5.69 Å². The molecule has 5 nitrogen and oxygen atoms in total. The molecule has 0 fully saturated rings. The molecule has 0 unspecified atom stereocenters. The number of anilines is 1. The lowest BCUT2D eigenvalue weighted by atomic mass is 10.1. The molecule has 0 aliphatic heterocycles. The maximum absolute atomic E-state index is 8.80. The number of ether oxygens (including phenoxy) is 3. The first kappa shape index (κ1) is 15.5. The molecule has 5 heteroatoms. The summed E-state index contributed by atoms with van der Waals surface area (Å²) in [6.45, 7) is 0.565. The van der Waals surface area contributed by atoms with E-state index in [1.165, 1.54) is 0 Å². The van der Waals surface area contributed by atoms with Gasteiger partial charge in [-0.2, -0.15) is 5.26 Å². The highest BCUT2D eigenvalue weighted by molar-refractivity contribution is 5.57. The first-order valence-corrected chi connectivity index (χ1v) is 6.75. The molecule has 0 spiro atoms. The number of rotatable bonds is 6. The van der Waals surface area contributed by atoms with Crippen molar-refractivity contribution in [1.29, 1.82) is 5.26 Å². The molecule has 0 aliphatic rings. The van der Waals surface area contributed by atoms with Crippen molar-refractivity contribution in [1.82, 2.24) is 0 Å². The minimum absolute atomic E-state index is 0.565. The van der Waals surface area contributed by atoms with Gasteiger partial charge in [0.05, 0.1) is 33.0 Å². The summed E-state index contributed by atoms with van der Waals surface area (Å²) in [5.74, 6) is 1.84. The van der Waals surface area contributed by atoms with E-state index >= 15 is 0 Å². The van der Waals surface area contributed by atoms with Gasteiger partial charge in [0.2, 0.25) is 5.75 Å². The summed E-state index contributed by atoms with van der Waals surface area (Å²) in [7, 11) is 4.77. The van der Waals surface area contributed by atoms with Crippen molar-refractivity contribution >= 4 is 5.69 Å². The van der Waals surface area contributed by atoms with Crippen LogP contribution >= 0.6 is 0 Å². The minimum atomic E-state index is 0.565. The Labute approximate surface area is 130 Å². The lowest BCUT2D eigenvalue weighted by Crippen LogP contribution is -2.04. The number of nitriles is 1. The normalized spacial score (nSPS) is 9.73. The Balaban J connectivity index is 2.20. The largest absolute Gasteiger partial charge is 0.493 e. The standard InChI is InChI=1S/C17H18N2O3/c1-20-15-9-6-13(16(21-2)17(15)22-3)11-19-14-7-4-12(10-18)5-8-14/h4-9,19H,11H2,1-3H3. The first-order chi connectivity index (χ1) is 10.7. The highest BCUT2D eigenvalue weighted by atomic mass is 16.5. The average Bonchev–Trinajstić information content (AvgIpc) is 2.59. The van der Waals surface area contributed by atoms with Gasteiger partial charge in [-0.3, -0.25) is 0 Å². The zero-order valence-electron chi connectivity index (χ0n) is 12.8. The van der Waals surface area contributed by atoms with E-state index in [9.17, 15) is 0 Å². The van der Waals surface area contributed by atoms with E-state index < -0.39 is 0 Å². The van der Waals surface area contributed by atoms with Crippen LogP contribution in [0.15, 0.2) is 36.4 Å². The molecule has 0 aliphatic carbocycles. The zero-order valence-corrected chi connectivity index (χ0v) is 12.8. The van der Waals surface area contributed by atoms with Crippen molar-refractivity contribution in [2.24, 2.45) is 0 Å². The summed E-state index contributed by atoms with van der Waals surface area (Å²) in [4.78, 5) is 0. The van der Waals surface area contributed by atoms with Crippen LogP contribution in [-0.2, 0) is 6.54 Å². The molecule has 1 N–H and O–H groups in total. The van der Waals surface area contributed by atoms with Gasteiger partial charge in [-0.25, -0.2) is 0 Å². The summed E-state index contributed by atoms with van der Waals surface area (Å²) in [5, 5.41) is 12.1. The summed E-state index contributed by atoms with van der Waals surface area (Å²) in [6.07, 6.45) is 0. The fourth-order valence-corrected chi connectivity index (χ4v) is 2.16. The van der Waals surface area contributed by atoms with E-state index in [1.807, 2.05) is 24.3 Å². The maximum Gasteiger partial charge on any atom is 0.203 e. The van der Waals surface area contributed by atoms with Gasteiger partial charge in [-0.05, 0) is 36.4 Å². The molecule has 0 saturated carbocycles. The Morgan fingerprint density at radius 1 is 0.909 bits per heavy atom. The molecule has 0 heterocycles. The highest BCUT2D eigenvalue weighted by Crippen LogP contribution is 2.39. The third-order valence-electron chi connectivity index (χ3n) is 3.28. The Morgan fingerprint density at radius 2 is 1.59 bits per heavy atom. The van der Waals surface area contributed by atoms with Gasteiger partial charge in [0, 0.05) is 17.8 Å². The monoisotopic (exact) mass is 298 g/mol. The maximum atomic E-state index is 8.80. The molecular formula is C17H18N2O3. The van der Waals surface area contributed by atoms with E-state index in [0.717, 1.165) is 11.3 Å². The van der Waals surface area contributed by atoms with Crippen molar-refractivity contribution < 1.29 is 14.2 Å². The van der Waals surface area contributed by atoms with Crippen LogP contribution in [0.3, 0.4) is 0 Å². The zero-order chi connectivity index (χ0) is 15.9. The SMILES string of the molecule is COc1ccc(CNc2ccc(C#N)cc2)c(OC)c1OC. The summed E-state index contributed by atoms with van der Waals surface area (Å²) in [6, 6.07) is 13.1. The van der Waals surface area contributed by atoms with Crippen LogP contribution in [0.2, 0.25) is 0 Å². The van der Waals surface area contributed by atoms with Gasteiger partial charge in [-0.15, -0.1) is 0 Å². The van der Waals surface area contributed by atoms with Crippen molar-refractivity contribution in [2.45, 2.75) is 6.54 Å². The molecule has 0 saturated heterocycles. The van der Waals surface area contributed by atoms with Crippen LogP contribution in [-0.4, -0.2) is 21.3 Å². The number of nitrogens with zero attached hydrogens (tertiary/aromatic N) is 1. The van der Waals surface area contributed by atoms with E-state index in [1.54, 1.807) is 33.5 Å². The Kier molecular flexibility index (Phi) is 5.10. The van der Waals surface area contributed by atoms with Crippen LogP contribution in [0.5, 0.6) is 17.2 Å². The molecule has 0 bridgehead atoms. The van der Waals surface area contributed by atoms with Gasteiger partial charge in [0.1, 0.15) is 0 Å². The highest BCUT2D eigenvalue weighted by Gasteiger charge is 2.15. The van der Waals surface area contributed by atoms with Crippen molar-refractivity contribution in [3.05, 3.63) is 47.5 Å². The van der Waals surface area contributed by atoms with Gasteiger partial charge in [0.15, 0.2) is 11.5 Å². The van der Waals surface area contributed by atoms with E-state index in [2.05, 4.69) is 11.4 Å². The molecule has 114 valence electrons. The quantitative estimate of drug-likeness (QED) is 0.887. The predicted octanol–water partition coefficient (Wildman–Crippen LogP) is 3.20. The van der Waals surface area contributed by atoms with Gasteiger partial charge >= 0.3 is 0 Å². The summed E-state index contributed by atoms with van der Waals surface area (Å²) >= 11 is 0. The first-order valence-electron chi connectivity index (χ1n) is 6.75. The second kappa shape index (κ2) is 7.23. The van der Waals surface area contributed by atoms with Gasteiger partial charge in [0.25, 0.3) is 0 Å². The Hall–Kier alpha value is -2.87. The number of benzene rings is 2. The third kappa shape index (κ3) is 3.23. The number of nitrogens with one attached hydrogen (secondary N) is 1. The van der Waals surface area contributed by atoms with Crippen molar-refractivity contribution in [3.63, 3.8) is 0 Å². The van der Waals surface area contributed by atoms with Gasteiger partial charge in [-0.1, -0.05) is 0 Å². The van der Waals surface area contributed by atoms with Crippen molar-refractivity contribution in [2.75, 3.05) is 26.6 Å². The van der Waals surface area contributed by atoms with E-state index in [4.69, 9.17) is 19.5 Å². The Bertz CT molecular complexity index is 676. The van der Waals surface area contributed by atoms with Crippen LogP contribution in [0.25, 0.3) is 0 Å². The fourth-order valence-electron chi connectivity index (χ4n) is 2.16. The second-order valence-corrected chi connectivity index (χ2v) is 4.54. The van der Waals surface area contributed by atoms with Crippen molar-refractivity contribution in [3.8, 4) is 23.3 Å². The summed E-state index contributed by atoms with van der Waals surface area (Å²) in [5.41, 5.74) is 2.51. The molecule has 0 atom stereocenters. The lowest BCUT2D eigenvalue weighted by molar-refractivity contribution is 0.322. The molecule has 2 rings (SSSR count). The minimum Gasteiger partial charge on any atom is -0.493 e. The van der Waals surface area contributed by atoms with E-state index in [-0.39, 0.29) is 0 Å². The number of hydrogen-bond donors (Lipinski definition) is 1. The fraction of sp³-hybridized carbons (Fsp3) is 0.235. The Morgan fingerprint density at radius 3 is 2.14 bits per heavy atom. The molecule has 22 heavy (non-hydrogen) atoms. The molecule has 2 aromatic rings. The average molecular weight is 298 g/mol. The lowest BCUT2D eigenvalue weighted by Gasteiger charge is -2.16. The molecule has 2 aromatic carbocycles. The summed E-state index contributed by atoms with van der Waals surface area (Å²) < 4.78 is 16.1. The topological polar surface area (TPSA) is 63.5 Å². The van der Waals surface area contributed by atoms with Crippen LogP contribution in [0, 0.1) is 11.3 Å². The number of methoxy groups -OCH3 is 3. The molecule has 0 radical (unpaired) electrons. The number of hydrogen-bond acceptors (Lipinski definition) is 5. The predicted molar refractivity (Wildman–Crippen MR) is 84.6 cm³/mol. The van der Waals surface area contributed by atoms with Gasteiger partial charge < -0.3 is 19.5 Å². The van der Waals surface area contributed by atoms with Crippen LogP contribution in [0.1, 0.15) is 11.1 Å². The van der Waals surface area contributed by atoms with Crippen LogP contribution < -0.4 is 19.5 Å². The molecule has 0 amide bonds. The smallest absolute Gasteiger partial charge is 0.203 e. The third-order valence-corrected chi connectivity index (χ3v) is 3.28.